The fourth-order valence-corrected chi connectivity index (χ4v) is 3.27. The molecule has 0 aromatic heterocycles. The molecule has 0 heterocycles. The Hall–Kier alpha value is -0.730. The number of fused-ring (bicyclic) bond motifs is 1. The Morgan fingerprint density at radius 1 is 1.19 bits per heavy atom. The number of benzene rings is 1. The Bertz CT molecular complexity index is 408. The smallest absolute Gasteiger partial charge is 0.119 e. The second-order valence-electron chi connectivity index (χ2n) is 6.00. The largest absolute Gasteiger partial charge is 1.00 e. The minimum absolute atomic E-state index is 0. The molecule has 1 aliphatic rings. The zero-order valence-corrected chi connectivity index (χ0v) is 14.3. The average Bonchev–Trinajstić information content (AvgIpc) is 2.50. The van der Waals surface area contributed by atoms with Gasteiger partial charge in [0.05, 0.1) is 13.7 Å². The lowest BCUT2D eigenvalue weighted by Crippen LogP contribution is -3.00. The average molecular weight is 312 g/mol. The van der Waals surface area contributed by atoms with E-state index in [-0.39, 0.29) is 12.4 Å². The van der Waals surface area contributed by atoms with Gasteiger partial charge >= 0.3 is 0 Å². The Morgan fingerprint density at radius 3 is 2.76 bits per heavy atom. The molecule has 0 saturated heterocycles. The van der Waals surface area contributed by atoms with Crippen molar-refractivity contribution in [3.05, 3.63) is 29.3 Å². The standard InChI is InChI=1S/C18H29NO.ClH/c1-3-4-5-6-7-13-19-18-10-8-9-15-14-16(20-2)11-12-17(15)18;/h11-12,14,18-19H,3-10,13H2,1-2H3;1H. The van der Waals surface area contributed by atoms with Crippen molar-refractivity contribution in [2.24, 2.45) is 0 Å². The van der Waals surface area contributed by atoms with E-state index in [1.54, 1.807) is 12.7 Å². The summed E-state index contributed by atoms with van der Waals surface area (Å²) in [4.78, 5) is 0. The molecule has 3 heteroatoms. The zero-order valence-electron chi connectivity index (χ0n) is 13.5. The molecule has 2 nitrogen and oxygen atoms in total. The second-order valence-corrected chi connectivity index (χ2v) is 6.00. The van der Waals surface area contributed by atoms with Crippen LogP contribution in [0.3, 0.4) is 0 Å². The number of methoxy groups -OCH3 is 1. The number of halogens is 1. The Labute approximate surface area is 136 Å². The van der Waals surface area contributed by atoms with Crippen LogP contribution in [-0.4, -0.2) is 13.7 Å². The van der Waals surface area contributed by atoms with Crippen molar-refractivity contribution < 1.29 is 22.5 Å². The number of hydrogen-bond donors (Lipinski definition) is 1. The van der Waals surface area contributed by atoms with Crippen molar-refractivity contribution in [2.45, 2.75) is 64.3 Å². The maximum atomic E-state index is 5.34. The molecule has 1 aliphatic carbocycles. The number of aryl methyl sites for hydroxylation is 1. The molecule has 0 spiro atoms. The third-order valence-electron chi connectivity index (χ3n) is 4.47. The van der Waals surface area contributed by atoms with E-state index in [1.807, 2.05) is 0 Å². The third-order valence-corrected chi connectivity index (χ3v) is 4.47. The molecule has 1 atom stereocenters. The van der Waals surface area contributed by atoms with Crippen LogP contribution in [0.5, 0.6) is 5.75 Å². The van der Waals surface area contributed by atoms with E-state index >= 15 is 0 Å². The van der Waals surface area contributed by atoms with Crippen molar-refractivity contribution in [3.8, 4) is 5.75 Å². The molecule has 1 aromatic carbocycles. The summed E-state index contributed by atoms with van der Waals surface area (Å²) in [6.45, 7) is 3.55. The number of unbranched alkanes of at least 4 members (excludes halogenated alkanes) is 4. The van der Waals surface area contributed by atoms with Crippen molar-refractivity contribution in [3.63, 3.8) is 0 Å². The van der Waals surface area contributed by atoms with E-state index in [0.717, 1.165) is 5.75 Å². The molecule has 0 amide bonds. The van der Waals surface area contributed by atoms with Crippen LogP contribution in [0.4, 0.5) is 0 Å². The van der Waals surface area contributed by atoms with Crippen LogP contribution < -0.4 is 22.5 Å². The first-order chi connectivity index (χ1) is 9.85. The fourth-order valence-electron chi connectivity index (χ4n) is 3.27. The highest BCUT2D eigenvalue weighted by molar-refractivity contribution is 5.38. The number of nitrogens with two attached hydrogens (primary N) is 1. The lowest BCUT2D eigenvalue weighted by molar-refractivity contribution is -0.697. The van der Waals surface area contributed by atoms with E-state index in [4.69, 9.17) is 4.74 Å². The molecule has 120 valence electrons. The van der Waals surface area contributed by atoms with Crippen LogP contribution in [0.15, 0.2) is 18.2 Å². The SMILES string of the molecule is CCCCCCC[NH2+]C1CCCc2cc(OC)ccc21.[Cl-]. The van der Waals surface area contributed by atoms with Gasteiger partial charge in [0.2, 0.25) is 0 Å². The van der Waals surface area contributed by atoms with E-state index in [9.17, 15) is 0 Å². The monoisotopic (exact) mass is 311 g/mol. The summed E-state index contributed by atoms with van der Waals surface area (Å²) >= 11 is 0. The van der Waals surface area contributed by atoms with Crippen molar-refractivity contribution in [1.82, 2.24) is 0 Å². The molecule has 21 heavy (non-hydrogen) atoms. The molecule has 0 bridgehead atoms. The first-order valence-corrected chi connectivity index (χ1v) is 8.35. The predicted octanol–water partition coefficient (Wildman–Crippen LogP) is 0.610. The van der Waals surface area contributed by atoms with Crippen LogP contribution in [-0.2, 0) is 6.42 Å². The quantitative estimate of drug-likeness (QED) is 0.700. The first-order valence-electron chi connectivity index (χ1n) is 8.35. The van der Waals surface area contributed by atoms with E-state index < -0.39 is 0 Å². The molecule has 0 fully saturated rings. The summed E-state index contributed by atoms with van der Waals surface area (Å²) in [7, 11) is 1.75. The Morgan fingerprint density at radius 2 is 2.00 bits per heavy atom. The van der Waals surface area contributed by atoms with Gasteiger partial charge in [-0.15, -0.1) is 0 Å². The van der Waals surface area contributed by atoms with Crippen LogP contribution in [0.1, 0.15) is 69.0 Å². The minimum Gasteiger partial charge on any atom is -1.00 e. The maximum absolute atomic E-state index is 5.34. The summed E-state index contributed by atoms with van der Waals surface area (Å²) in [6.07, 6.45) is 10.8. The predicted molar refractivity (Wildman–Crippen MR) is 84.2 cm³/mol. The van der Waals surface area contributed by atoms with Gasteiger partial charge in [-0.2, -0.15) is 0 Å². The van der Waals surface area contributed by atoms with Crippen molar-refractivity contribution in [1.29, 1.82) is 0 Å². The van der Waals surface area contributed by atoms with E-state index in [2.05, 4.69) is 30.4 Å². The molecule has 2 N–H and O–H groups in total. The lowest BCUT2D eigenvalue weighted by atomic mass is 9.87. The van der Waals surface area contributed by atoms with Gasteiger partial charge in [-0.3, -0.25) is 0 Å². The second kappa shape index (κ2) is 10.1. The van der Waals surface area contributed by atoms with Gasteiger partial charge < -0.3 is 22.5 Å². The highest BCUT2D eigenvalue weighted by Gasteiger charge is 2.22. The van der Waals surface area contributed by atoms with E-state index in [0.29, 0.717) is 6.04 Å². The highest BCUT2D eigenvalue weighted by Crippen LogP contribution is 2.29. The molecule has 1 unspecified atom stereocenters. The number of quaternary nitrogens is 1. The van der Waals surface area contributed by atoms with Crippen LogP contribution in [0, 0.1) is 0 Å². The summed E-state index contributed by atoms with van der Waals surface area (Å²) < 4.78 is 5.34. The maximum Gasteiger partial charge on any atom is 0.119 e. The molecular formula is C18H30ClNO. The molecule has 0 aliphatic heterocycles. The van der Waals surface area contributed by atoms with Crippen molar-refractivity contribution >= 4 is 0 Å². The topological polar surface area (TPSA) is 25.8 Å². The molecule has 2 rings (SSSR count). The van der Waals surface area contributed by atoms with Gasteiger partial charge in [-0.25, -0.2) is 0 Å². The van der Waals surface area contributed by atoms with Gasteiger partial charge in [0.25, 0.3) is 0 Å². The van der Waals surface area contributed by atoms with Gasteiger partial charge in [-0.05, 0) is 49.4 Å². The third kappa shape index (κ3) is 5.52. The Kier molecular flexibility index (Phi) is 8.79. The summed E-state index contributed by atoms with van der Waals surface area (Å²) in [5.74, 6) is 1.00. The van der Waals surface area contributed by atoms with Gasteiger partial charge in [0.1, 0.15) is 11.8 Å². The highest BCUT2D eigenvalue weighted by atomic mass is 35.5. The summed E-state index contributed by atoms with van der Waals surface area (Å²) in [5.41, 5.74) is 3.05. The Balaban J connectivity index is 0.00000220. The first kappa shape index (κ1) is 18.3. The van der Waals surface area contributed by atoms with Gasteiger partial charge in [0.15, 0.2) is 0 Å². The molecular weight excluding hydrogens is 282 g/mol. The number of ether oxygens (including phenoxy) is 1. The molecule has 1 aromatic rings. The van der Waals surface area contributed by atoms with Gasteiger partial charge in [-0.1, -0.05) is 26.2 Å². The summed E-state index contributed by atoms with van der Waals surface area (Å²) in [5, 5.41) is 2.57. The molecule has 0 radical (unpaired) electrons. The van der Waals surface area contributed by atoms with Crippen molar-refractivity contribution in [2.75, 3.05) is 13.7 Å². The number of rotatable bonds is 8. The molecule has 0 saturated carbocycles. The summed E-state index contributed by atoms with van der Waals surface area (Å²) in [6, 6.07) is 7.31. The van der Waals surface area contributed by atoms with Crippen LogP contribution in [0.2, 0.25) is 0 Å². The van der Waals surface area contributed by atoms with Crippen LogP contribution >= 0.6 is 0 Å². The van der Waals surface area contributed by atoms with E-state index in [1.165, 1.54) is 63.5 Å². The lowest BCUT2D eigenvalue weighted by Gasteiger charge is -2.24. The fraction of sp³-hybridized carbons (Fsp3) is 0.667. The van der Waals surface area contributed by atoms with Crippen LogP contribution in [0.25, 0.3) is 0 Å². The minimum atomic E-state index is 0. The zero-order chi connectivity index (χ0) is 14.2. The number of hydrogen-bond acceptors (Lipinski definition) is 1. The van der Waals surface area contributed by atoms with Gasteiger partial charge in [0, 0.05) is 12.0 Å². The normalized spacial score (nSPS) is 17.0.